The summed E-state index contributed by atoms with van der Waals surface area (Å²) < 4.78 is 0. The molecule has 6 nitrogen and oxygen atoms in total. The fraction of sp³-hybridized carbons (Fsp3) is 0.208. The SMILES string of the molecule is C=C1CCC(N2Cc3cc(NCc4ccc5ncccc5c4)ccc3C2=O)C(=O)N1. The number of allylic oxidation sites excluding steroid dienone is 1. The molecule has 0 saturated carbocycles. The number of aromatic nitrogens is 1. The van der Waals surface area contributed by atoms with Crippen molar-refractivity contribution >= 4 is 28.4 Å². The van der Waals surface area contributed by atoms with Gasteiger partial charge in [0.05, 0.1) is 5.52 Å². The number of hydrogen-bond acceptors (Lipinski definition) is 4. The number of piperidine rings is 1. The van der Waals surface area contributed by atoms with Crippen molar-refractivity contribution in [3.8, 4) is 0 Å². The molecule has 30 heavy (non-hydrogen) atoms. The van der Waals surface area contributed by atoms with Crippen molar-refractivity contribution in [3.05, 3.63) is 83.7 Å². The molecular weight excluding hydrogens is 376 g/mol. The summed E-state index contributed by atoms with van der Waals surface area (Å²) in [6.45, 7) is 4.94. The average Bonchev–Trinajstić information content (AvgIpc) is 3.08. The fourth-order valence-corrected chi connectivity index (χ4v) is 4.20. The molecule has 2 amide bonds. The number of nitrogens with one attached hydrogen (secondary N) is 2. The van der Waals surface area contributed by atoms with Crippen molar-refractivity contribution in [2.45, 2.75) is 32.0 Å². The van der Waals surface area contributed by atoms with Crippen molar-refractivity contribution in [2.24, 2.45) is 0 Å². The highest BCUT2D eigenvalue weighted by Crippen LogP contribution is 2.30. The van der Waals surface area contributed by atoms with Gasteiger partial charge in [-0.3, -0.25) is 14.6 Å². The molecule has 2 aliphatic heterocycles. The van der Waals surface area contributed by atoms with Gasteiger partial charge >= 0.3 is 0 Å². The van der Waals surface area contributed by atoms with Crippen LogP contribution in [-0.2, 0) is 17.9 Å². The predicted molar refractivity (Wildman–Crippen MR) is 116 cm³/mol. The summed E-state index contributed by atoms with van der Waals surface area (Å²) >= 11 is 0. The molecule has 2 N–H and O–H groups in total. The van der Waals surface area contributed by atoms with Gasteiger partial charge in [0.25, 0.3) is 5.91 Å². The quantitative estimate of drug-likeness (QED) is 0.704. The number of fused-ring (bicyclic) bond motifs is 2. The molecule has 3 heterocycles. The minimum Gasteiger partial charge on any atom is -0.381 e. The minimum atomic E-state index is -0.432. The minimum absolute atomic E-state index is 0.0776. The van der Waals surface area contributed by atoms with Crippen LogP contribution in [0.3, 0.4) is 0 Å². The van der Waals surface area contributed by atoms with E-state index in [1.165, 1.54) is 0 Å². The van der Waals surface area contributed by atoms with Gasteiger partial charge in [0, 0.05) is 41.6 Å². The molecule has 0 spiro atoms. The number of carbonyl (C=O) groups excluding carboxylic acids is 2. The first-order chi connectivity index (χ1) is 14.6. The van der Waals surface area contributed by atoms with Gasteiger partial charge in [-0.1, -0.05) is 18.7 Å². The second-order valence-corrected chi connectivity index (χ2v) is 7.84. The van der Waals surface area contributed by atoms with Gasteiger partial charge in [0.15, 0.2) is 0 Å². The van der Waals surface area contributed by atoms with E-state index in [4.69, 9.17) is 0 Å². The van der Waals surface area contributed by atoms with Crippen LogP contribution in [0.1, 0.15) is 34.3 Å². The Labute approximate surface area is 174 Å². The topological polar surface area (TPSA) is 74.3 Å². The molecule has 1 atom stereocenters. The van der Waals surface area contributed by atoms with Crippen LogP contribution < -0.4 is 10.6 Å². The molecular formula is C24H22N4O2. The van der Waals surface area contributed by atoms with Crippen LogP contribution in [0.4, 0.5) is 5.69 Å². The molecule has 0 radical (unpaired) electrons. The lowest BCUT2D eigenvalue weighted by atomic mass is 10.0. The average molecular weight is 398 g/mol. The molecule has 6 heteroatoms. The molecule has 1 unspecified atom stereocenters. The second kappa shape index (κ2) is 7.30. The third kappa shape index (κ3) is 3.30. The zero-order valence-corrected chi connectivity index (χ0v) is 16.5. The lowest BCUT2D eigenvalue weighted by Gasteiger charge is -2.30. The van der Waals surface area contributed by atoms with E-state index in [9.17, 15) is 9.59 Å². The van der Waals surface area contributed by atoms with Gasteiger partial charge in [-0.25, -0.2) is 0 Å². The maximum absolute atomic E-state index is 12.8. The van der Waals surface area contributed by atoms with E-state index in [0.717, 1.165) is 33.4 Å². The maximum Gasteiger partial charge on any atom is 0.255 e. The van der Waals surface area contributed by atoms with Gasteiger partial charge < -0.3 is 15.5 Å². The monoisotopic (exact) mass is 398 g/mol. The van der Waals surface area contributed by atoms with E-state index in [1.807, 2.05) is 30.3 Å². The van der Waals surface area contributed by atoms with Crippen molar-refractivity contribution in [1.29, 1.82) is 0 Å². The summed E-state index contributed by atoms with van der Waals surface area (Å²) in [5.41, 5.74) is 5.44. The van der Waals surface area contributed by atoms with E-state index in [1.54, 1.807) is 11.1 Å². The van der Waals surface area contributed by atoms with Gasteiger partial charge in [0.2, 0.25) is 5.91 Å². The zero-order chi connectivity index (χ0) is 20.7. The molecule has 1 aromatic heterocycles. The summed E-state index contributed by atoms with van der Waals surface area (Å²) in [6, 6.07) is 15.6. The van der Waals surface area contributed by atoms with E-state index in [-0.39, 0.29) is 11.8 Å². The molecule has 0 aliphatic carbocycles. The number of rotatable bonds is 4. The first kappa shape index (κ1) is 18.4. The first-order valence-corrected chi connectivity index (χ1v) is 10.1. The Balaban J connectivity index is 1.30. The number of benzene rings is 2. The molecule has 2 aliphatic rings. The molecule has 1 saturated heterocycles. The second-order valence-electron chi connectivity index (χ2n) is 7.84. The van der Waals surface area contributed by atoms with Crippen molar-refractivity contribution in [3.63, 3.8) is 0 Å². The smallest absolute Gasteiger partial charge is 0.255 e. The van der Waals surface area contributed by atoms with E-state index in [2.05, 4.69) is 40.4 Å². The summed E-state index contributed by atoms with van der Waals surface area (Å²) in [5.74, 6) is -0.220. The fourth-order valence-electron chi connectivity index (χ4n) is 4.20. The Morgan fingerprint density at radius 1 is 1.17 bits per heavy atom. The van der Waals surface area contributed by atoms with Gasteiger partial charge in [-0.15, -0.1) is 0 Å². The van der Waals surface area contributed by atoms with Crippen LogP contribution >= 0.6 is 0 Å². The summed E-state index contributed by atoms with van der Waals surface area (Å²) in [4.78, 5) is 31.2. The standard InChI is InChI=1S/C24H22N4O2/c1-15-4-9-22(23(29)27-15)28-14-18-12-19(6-7-20(18)24(28)30)26-13-16-5-8-21-17(11-16)3-2-10-25-21/h2-3,5-8,10-12,22,26H,1,4,9,13-14H2,(H,27,29). The third-order valence-corrected chi connectivity index (χ3v) is 5.80. The van der Waals surface area contributed by atoms with Crippen molar-refractivity contribution in [1.82, 2.24) is 15.2 Å². The van der Waals surface area contributed by atoms with E-state index >= 15 is 0 Å². The number of pyridine rings is 1. The highest BCUT2D eigenvalue weighted by Gasteiger charge is 2.38. The van der Waals surface area contributed by atoms with Gasteiger partial charge in [-0.2, -0.15) is 0 Å². The number of hydrogen-bond donors (Lipinski definition) is 2. The number of anilines is 1. The molecule has 3 aromatic rings. The van der Waals surface area contributed by atoms with Crippen LogP contribution in [0.25, 0.3) is 10.9 Å². The Bertz CT molecular complexity index is 1190. The molecule has 150 valence electrons. The number of amides is 2. The van der Waals surface area contributed by atoms with Crippen LogP contribution in [-0.4, -0.2) is 27.7 Å². The van der Waals surface area contributed by atoms with Crippen molar-refractivity contribution in [2.75, 3.05) is 5.32 Å². The molecule has 0 bridgehead atoms. The third-order valence-electron chi connectivity index (χ3n) is 5.80. The van der Waals surface area contributed by atoms with E-state index in [0.29, 0.717) is 31.5 Å². The highest BCUT2D eigenvalue weighted by atomic mass is 16.2. The van der Waals surface area contributed by atoms with Crippen LogP contribution in [0.15, 0.2) is 67.0 Å². The molecule has 2 aromatic carbocycles. The normalized spacial score (nSPS) is 18.5. The Morgan fingerprint density at radius 2 is 2.07 bits per heavy atom. The zero-order valence-electron chi connectivity index (χ0n) is 16.5. The predicted octanol–water partition coefficient (Wildman–Crippen LogP) is 3.60. The lowest BCUT2D eigenvalue weighted by molar-refractivity contribution is -0.126. The molecule has 1 fully saturated rings. The van der Waals surface area contributed by atoms with Gasteiger partial charge in [0.1, 0.15) is 6.04 Å². The lowest BCUT2D eigenvalue weighted by Crippen LogP contribution is -2.49. The summed E-state index contributed by atoms with van der Waals surface area (Å²) in [7, 11) is 0. The van der Waals surface area contributed by atoms with Crippen LogP contribution in [0, 0.1) is 0 Å². The largest absolute Gasteiger partial charge is 0.381 e. The number of nitrogens with zero attached hydrogens (tertiary/aromatic N) is 2. The number of carbonyl (C=O) groups is 2. The molecule has 5 rings (SSSR count). The van der Waals surface area contributed by atoms with Crippen LogP contribution in [0.5, 0.6) is 0 Å². The highest BCUT2D eigenvalue weighted by molar-refractivity contribution is 6.01. The first-order valence-electron chi connectivity index (χ1n) is 10.1. The summed E-state index contributed by atoms with van der Waals surface area (Å²) in [6.07, 6.45) is 3.11. The Morgan fingerprint density at radius 3 is 2.93 bits per heavy atom. The van der Waals surface area contributed by atoms with E-state index < -0.39 is 6.04 Å². The Kier molecular flexibility index (Phi) is 4.47. The summed E-state index contributed by atoms with van der Waals surface area (Å²) in [5, 5.41) is 7.32. The van der Waals surface area contributed by atoms with Gasteiger partial charge in [-0.05, 0) is 60.4 Å². The van der Waals surface area contributed by atoms with Crippen molar-refractivity contribution < 1.29 is 9.59 Å². The van der Waals surface area contributed by atoms with Crippen LogP contribution in [0.2, 0.25) is 0 Å². The Hall–Kier alpha value is -3.67. The maximum atomic E-state index is 12.8.